The Morgan fingerprint density at radius 2 is 2.21 bits per heavy atom. The van der Waals surface area contributed by atoms with Crippen molar-refractivity contribution in [3.63, 3.8) is 0 Å². The molecule has 0 radical (unpaired) electrons. The van der Waals surface area contributed by atoms with Crippen molar-refractivity contribution in [2.75, 3.05) is 13.7 Å². The second-order valence-electron chi connectivity index (χ2n) is 6.39. The Hall–Kier alpha value is -2.37. The van der Waals surface area contributed by atoms with Crippen molar-refractivity contribution in [3.05, 3.63) is 30.2 Å². The SMILES string of the molecule is COc1cccc(-c2noc([C@H]3CCCCN3C(=O)C(C)C)n2)c1. The van der Waals surface area contributed by atoms with Crippen LogP contribution in [0.5, 0.6) is 5.75 Å². The Bertz CT molecular complexity index is 711. The van der Waals surface area contributed by atoms with Crippen LogP contribution in [0.3, 0.4) is 0 Å². The summed E-state index contributed by atoms with van der Waals surface area (Å²) < 4.78 is 10.7. The van der Waals surface area contributed by atoms with Gasteiger partial charge in [0, 0.05) is 18.0 Å². The van der Waals surface area contributed by atoms with Crippen molar-refractivity contribution >= 4 is 5.91 Å². The molecule has 0 bridgehead atoms. The fraction of sp³-hybridized carbons (Fsp3) is 0.500. The van der Waals surface area contributed by atoms with Crippen LogP contribution in [-0.4, -0.2) is 34.6 Å². The maximum absolute atomic E-state index is 12.5. The predicted octanol–water partition coefficient (Wildman–Crippen LogP) is 3.45. The van der Waals surface area contributed by atoms with Gasteiger partial charge in [-0.25, -0.2) is 0 Å². The number of carbonyl (C=O) groups excluding carboxylic acids is 1. The van der Waals surface area contributed by atoms with Gasteiger partial charge in [0.1, 0.15) is 11.8 Å². The monoisotopic (exact) mass is 329 g/mol. The van der Waals surface area contributed by atoms with Gasteiger partial charge >= 0.3 is 0 Å². The molecule has 2 heterocycles. The number of hydrogen-bond acceptors (Lipinski definition) is 5. The molecule has 128 valence electrons. The smallest absolute Gasteiger partial charge is 0.249 e. The summed E-state index contributed by atoms with van der Waals surface area (Å²) in [6, 6.07) is 7.41. The summed E-state index contributed by atoms with van der Waals surface area (Å²) in [6.07, 6.45) is 2.94. The first-order chi connectivity index (χ1) is 11.6. The van der Waals surface area contributed by atoms with Crippen molar-refractivity contribution in [1.82, 2.24) is 15.0 Å². The van der Waals surface area contributed by atoms with Crippen molar-refractivity contribution < 1.29 is 14.1 Å². The van der Waals surface area contributed by atoms with Crippen molar-refractivity contribution in [2.24, 2.45) is 5.92 Å². The van der Waals surface area contributed by atoms with E-state index in [1.165, 1.54) is 0 Å². The predicted molar refractivity (Wildman–Crippen MR) is 89.4 cm³/mol. The Balaban J connectivity index is 1.86. The molecule has 1 aromatic heterocycles. The van der Waals surface area contributed by atoms with Crippen LogP contribution >= 0.6 is 0 Å². The number of carbonyl (C=O) groups is 1. The van der Waals surface area contributed by atoms with Crippen LogP contribution in [0.2, 0.25) is 0 Å². The van der Waals surface area contributed by atoms with Crippen LogP contribution in [0.4, 0.5) is 0 Å². The van der Waals surface area contributed by atoms with E-state index >= 15 is 0 Å². The molecule has 1 saturated heterocycles. The van der Waals surface area contributed by atoms with Crippen molar-refractivity contribution in [3.8, 4) is 17.1 Å². The molecule has 0 spiro atoms. The largest absolute Gasteiger partial charge is 0.497 e. The zero-order valence-electron chi connectivity index (χ0n) is 14.4. The summed E-state index contributed by atoms with van der Waals surface area (Å²) in [4.78, 5) is 18.9. The Kier molecular flexibility index (Phi) is 4.83. The summed E-state index contributed by atoms with van der Waals surface area (Å²) >= 11 is 0. The van der Waals surface area contributed by atoms with E-state index in [9.17, 15) is 4.79 Å². The number of benzene rings is 1. The lowest BCUT2D eigenvalue weighted by Crippen LogP contribution is -2.40. The van der Waals surface area contributed by atoms with E-state index < -0.39 is 0 Å². The van der Waals surface area contributed by atoms with E-state index in [1.807, 2.05) is 43.0 Å². The minimum absolute atomic E-state index is 0.0358. The third kappa shape index (κ3) is 3.27. The molecule has 1 amide bonds. The number of likely N-dealkylation sites (tertiary alicyclic amines) is 1. The van der Waals surface area contributed by atoms with E-state index in [1.54, 1.807) is 7.11 Å². The average Bonchev–Trinajstić information content (AvgIpc) is 3.11. The van der Waals surface area contributed by atoms with Crippen LogP contribution in [-0.2, 0) is 4.79 Å². The zero-order valence-corrected chi connectivity index (χ0v) is 14.4. The van der Waals surface area contributed by atoms with Gasteiger partial charge in [-0.05, 0) is 31.4 Å². The van der Waals surface area contributed by atoms with Gasteiger partial charge in [0.15, 0.2) is 0 Å². The Morgan fingerprint density at radius 1 is 1.38 bits per heavy atom. The van der Waals surface area contributed by atoms with Crippen molar-refractivity contribution in [1.29, 1.82) is 0 Å². The average molecular weight is 329 g/mol. The molecule has 0 unspecified atom stereocenters. The minimum Gasteiger partial charge on any atom is -0.497 e. The van der Waals surface area contributed by atoms with Crippen LogP contribution in [0.15, 0.2) is 28.8 Å². The minimum atomic E-state index is -0.125. The molecule has 0 aliphatic carbocycles. The molecule has 6 nitrogen and oxygen atoms in total. The van der Waals surface area contributed by atoms with Gasteiger partial charge < -0.3 is 14.2 Å². The number of amides is 1. The summed E-state index contributed by atoms with van der Waals surface area (Å²) in [5, 5.41) is 4.10. The second-order valence-corrected chi connectivity index (χ2v) is 6.39. The summed E-state index contributed by atoms with van der Waals surface area (Å²) in [7, 11) is 1.62. The highest BCUT2D eigenvalue weighted by atomic mass is 16.5. The molecule has 1 fully saturated rings. The highest BCUT2D eigenvalue weighted by molar-refractivity contribution is 5.78. The Morgan fingerprint density at radius 3 is 2.96 bits per heavy atom. The number of hydrogen-bond donors (Lipinski definition) is 0. The number of nitrogens with zero attached hydrogens (tertiary/aromatic N) is 3. The summed E-state index contributed by atoms with van der Waals surface area (Å²) in [5.41, 5.74) is 0.835. The number of ether oxygens (including phenoxy) is 1. The number of methoxy groups -OCH3 is 1. The van der Waals surface area contributed by atoms with E-state index in [0.29, 0.717) is 11.7 Å². The molecule has 6 heteroatoms. The lowest BCUT2D eigenvalue weighted by molar-refractivity contribution is -0.139. The molecule has 2 aromatic rings. The topological polar surface area (TPSA) is 68.5 Å². The summed E-state index contributed by atoms with van der Waals surface area (Å²) in [5.74, 6) is 1.88. The highest BCUT2D eigenvalue weighted by Gasteiger charge is 2.33. The Labute approximate surface area is 141 Å². The molecule has 1 aliphatic rings. The molecule has 3 rings (SSSR count). The molecule has 1 aliphatic heterocycles. The van der Waals surface area contributed by atoms with Gasteiger partial charge in [0.25, 0.3) is 0 Å². The van der Waals surface area contributed by atoms with Gasteiger partial charge in [-0.1, -0.05) is 31.1 Å². The third-order valence-electron chi connectivity index (χ3n) is 4.33. The molecular formula is C18H23N3O3. The maximum Gasteiger partial charge on any atom is 0.249 e. The van der Waals surface area contributed by atoms with Gasteiger partial charge in [-0.15, -0.1) is 0 Å². The van der Waals surface area contributed by atoms with Crippen LogP contribution in [0, 0.1) is 5.92 Å². The second kappa shape index (κ2) is 7.03. The fourth-order valence-corrected chi connectivity index (χ4v) is 3.03. The standard InChI is InChI=1S/C18H23N3O3/c1-12(2)18(22)21-10-5-4-9-15(21)17-19-16(20-24-17)13-7-6-8-14(11-13)23-3/h6-8,11-12,15H,4-5,9-10H2,1-3H3/t15-/m1/s1. The van der Waals surface area contributed by atoms with Gasteiger partial charge in [0.05, 0.1) is 7.11 Å². The van der Waals surface area contributed by atoms with Gasteiger partial charge in [0.2, 0.25) is 17.6 Å². The fourth-order valence-electron chi connectivity index (χ4n) is 3.03. The van der Waals surface area contributed by atoms with E-state index in [4.69, 9.17) is 9.26 Å². The van der Waals surface area contributed by atoms with Gasteiger partial charge in [-0.2, -0.15) is 4.98 Å². The third-order valence-corrected chi connectivity index (χ3v) is 4.33. The molecular weight excluding hydrogens is 306 g/mol. The molecule has 0 saturated carbocycles. The summed E-state index contributed by atoms with van der Waals surface area (Å²) in [6.45, 7) is 4.59. The van der Waals surface area contributed by atoms with Crippen molar-refractivity contribution in [2.45, 2.75) is 39.2 Å². The lowest BCUT2D eigenvalue weighted by Gasteiger charge is -2.34. The number of rotatable bonds is 4. The van der Waals surface area contributed by atoms with Crippen LogP contribution < -0.4 is 4.74 Å². The number of piperidine rings is 1. The zero-order chi connectivity index (χ0) is 17.1. The highest BCUT2D eigenvalue weighted by Crippen LogP contribution is 2.32. The van der Waals surface area contributed by atoms with Gasteiger partial charge in [-0.3, -0.25) is 4.79 Å². The molecule has 1 atom stereocenters. The molecule has 24 heavy (non-hydrogen) atoms. The normalized spacial score (nSPS) is 18.0. The molecule has 1 aromatic carbocycles. The van der Waals surface area contributed by atoms with E-state index in [-0.39, 0.29) is 17.9 Å². The first kappa shape index (κ1) is 16.5. The number of aromatic nitrogens is 2. The van der Waals surface area contributed by atoms with Crippen LogP contribution in [0.25, 0.3) is 11.4 Å². The lowest BCUT2D eigenvalue weighted by atomic mass is 10.00. The van der Waals surface area contributed by atoms with Crippen LogP contribution in [0.1, 0.15) is 45.0 Å². The maximum atomic E-state index is 12.5. The first-order valence-electron chi connectivity index (χ1n) is 8.38. The first-order valence-corrected chi connectivity index (χ1v) is 8.38. The van der Waals surface area contributed by atoms with E-state index in [2.05, 4.69) is 10.1 Å². The van der Waals surface area contributed by atoms with E-state index in [0.717, 1.165) is 37.1 Å². The quantitative estimate of drug-likeness (QED) is 0.859. The molecule has 0 N–H and O–H groups in total.